The van der Waals surface area contributed by atoms with Crippen LogP contribution < -0.4 is 10.6 Å². The lowest BCUT2D eigenvalue weighted by Gasteiger charge is -2.02. The summed E-state index contributed by atoms with van der Waals surface area (Å²) in [6.07, 6.45) is 5.90. The molecule has 0 saturated heterocycles. The van der Waals surface area contributed by atoms with Crippen LogP contribution in [0, 0.1) is 13.8 Å². The average molecular weight is 441 g/mol. The number of allylic oxidation sites excluding steroid dienone is 1. The van der Waals surface area contributed by atoms with Gasteiger partial charge in [0.1, 0.15) is 11.5 Å². The molecule has 5 aromatic rings. The van der Waals surface area contributed by atoms with Crippen molar-refractivity contribution >= 4 is 40.1 Å². The summed E-state index contributed by atoms with van der Waals surface area (Å²) >= 11 is 1.77. The summed E-state index contributed by atoms with van der Waals surface area (Å²) in [6.45, 7) is 10.4. The van der Waals surface area contributed by atoms with Gasteiger partial charge in [-0.25, -0.2) is 9.97 Å². The van der Waals surface area contributed by atoms with Gasteiger partial charge in [0.25, 0.3) is 0 Å². The second-order valence-electron chi connectivity index (χ2n) is 7.80. The number of imidazole rings is 2. The number of rotatable bonds is 4. The number of benzene rings is 1. The third kappa shape index (κ3) is 3.31. The molecule has 4 heterocycles. The molecule has 32 heavy (non-hydrogen) atoms. The first kappa shape index (κ1) is 20.2. The van der Waals surface area contributed by atoms with Gasteiger partial charge in [0.05, 0.1) is 28.3 Å². The zero-order valence-corrected chi connectivity index (χ0v) is 19.3. The maximum absolute atomic E-state index is 4.97. The number of nitrogens with one attached hydrogen (secondary N) is 2. The van der Waals surface area contributed by atoms with Crippen molar-refractivity contribution < 1.29 is 0 Å². The molecule has 0 bridgehead atoms. The fourth-order valence-electron chi connectivity index (χ4n) is 3.88. The molecular formula is C25H24N6S. The second-order valence-corrected chi connectivity index (χ2v) is 9.09. The molecule has 0 saturated carbocycles. The van der Waals surface area contributed by atoms with Crippen LogP contribution in [0.3, 0.4) is 0 Å². The summed E-state index contributed by atoms with van der Waals surface area (Å²) in [4.78, 5) is 15.3. The highest BCUT2D eigenvalue weighted by Crippen LogP contribution is 2.33. The normalized spacial score (nSPS) is 12.9. The van der Waals surface area contributed by atoms with E-state index in [0.29, 0.717) is 0 Å². The first-order valence-corrected chi connectivity index (χ1v) is 11.2. The molecule has 7 heteroatoms. The molecule has 0 aliphatic carbocycles. The van der Waals surface area contributed by atoms with E-state index in [-0.39, 0.29) is 0 Å². The largest absolute Gasteiger partial charge is 0.337 e. The number of H-pyrrole nitrogens is 2. The number of aryl methyl sites for hydroxylation is 2. The monoisotopic (exact) mass is 440 g/mol. The predicted octanol–water partition coefficient (Wildman–Crippen LogP) is 4.33. The van der Waals surface area contributed by atoms with Gasteiger partial charge in [-0.05, 0) is 50.6 Å². The molecule has 0 spiro atoms. The molecule has 4 aromatic heterocycles. The van der Waals surface area contributed by atoms with E-state index in [2.05, 4.69) is 64.0 Å². The van der Waals surface area contributed by atoms with Crippen LogP contribution in [-0.4, -0.2) is 29.7 Å². The highest BCUT2D eigenvalue weighted by atomic mass is 32.1. The van der Waals surface area contributed by atoms with E-state index in [9.17, 15) is 0 Å². The van der Waals surface area contributed by atoms with Crippen molar-refractivity contribution in [3.63, 3.8) is 0 Å². The fourth-order valence-corrected chi connectivity index (χ4v) is 4.78. The van der Waals surface area contributed by atoms with Crippen LogP contribution >= 0.6 is 11.3 Å². The summed E-state index contributed by atoms with van der Waals surface area (Å²) in [7, 11) is 1.99. The quantitative estimate of drug-likeness (QED) is 0.437. The Morgan fingerprint density at radius 2 is 2.03 bits per heavy atom. The minimum atomic E-state index is 0.727. The van der Waals surface area contributed by atoms with Gasteiger partial charge >= 0.3 is 0 Å². The van der Waals surface area contributed by atoms with Crippen molar-refractivity contribution in [2.75, 3.05) is 0 Å². The highest BCUT2D eigenvalue weighted by Gasteiger charge is 2.15. The zero-order chi connectivity index (χ0) is 22.4. The Morgan fingerprint density at radius 3 is 2.72 bits per heavy atom. The van der Waals surface area contributed by atoms with Gasteiger partial charge in [0, 0.05) is 27.6 Å². The number of thiophene rings is 1. The van der Waals surface area contributed by atoms with Crippen molar-refractivity contribution in [3.8, 4) is 22.0 Å². The molecule has 2 N–H and O–H groups in total. The van der Waals surface area contributed by atoms with Crippen LogP contribution in [-0.2, 0) is 7.05 Å². The zero-order valence-electron chi connectivity index (χ0n) is 18.5. The first-order chi connectivity index (χ1) is 15.5. The van der Waals surface area contributed by atoms with Gasteiger partial charge in [0.15, 0.2) is 5.82 Å². The van der Waals surface area contributed by atoms with Gasteiger partial charge in [0.2, 0.25) is 0 Å². The molecule has 0 aliphatic rings. The van der Waals surface area contributed by atoms with Crippen LogP contribution in [0.25, 0.3) is 50.7 Å². The number of aromatic nitrogens is 6. The molecule has 0 amide bonds. The Hall–Kier alpha value is -3.71. The number of fused-ring (bicyclic) bond motifs is 1. The number of hydrogen-bond donors (Lipinski definition) is 2. The fraction of sp³-hybridized carbons (Fsp3) is 0.160. The van der Waals surface area contributed by atoms with Crippen molar-refractivity contribution in [2.45, 2.75) is 20.8 Å². The van der Waals surface area contributed by atoms with E-state index in [0.717, 1.165) is 55.8 Å². The van der Waals surface area contributed by atoms with Crippen LogP contribution in [0.1, 0.15) is 23.3 Å². The molecular weight excluding hydrogens is 416 g/mol. The molecule has 0 radical (unpaired) electrons. The number of nitrogens with zero attached hydrogens (tertiary/aromatic N) is 4. The summed E-state index contributed by atoms with van der Waals surface area (Å²) in [5.74, 6) is 1.67. The smallest absolute Gasteiger partial charge is 0.159 e. The average Bonchev–Trinajstić information content (AvgIpc) is 3.55. The lowest BCUT2D eigenvalue weighted by molar-refractivity contribution is 0.847. The molecule has 0 fully saturated rings. The van der Waals surface area contributed by atoms with Crippen LogP contribution in [0.5, 0.6) is 0 Å². The van der Waals surface area contributed by atoms with E-state index in [1.807, 2.05) is 43.8 Å². The van der Waals surface area contributed by atoms with Gasteiger partial charge in [-0.3, -0.25) is 5.10 Å². The van der Waals surface area contributed by atoms with E-state index in [4.69, 9.17) is 4.98 Å². The molecule has 6 nitrogen and oxygen atoms in total. The van der Waals surface area contributed by atoms with Gasteiger partial charge in [-0.2, -0.15) is 5.10 Å². The SMILES string of the molecule is C=C(/C=c1/c(-c2nc3c(-c4ccc(C)s4)cccc3[nH]2)n[nH]/c1=C/C)c1cnc(C)n1C. The molecule has 0 atom stereocenters. The summed E-state index contributed by atoms with van der Waals surface area (Å²) in [6, 6.07) is 10.5. The number of aromatic amines is 2. The van der Waals surface area contributed by atoms with E-state index >= 15 is 0 Å². The van der Waals surface area contributed by atoms with E-state index in [1.165, 1.54) is 9.75 Å². The standard InChI is InChI=1S/C25H24N6S/c1-6-19-18(12-14(2)21-13-26-16(4)31(21)5)24(30-29-19)25-27-20-9-7-8-17(23(20)28-25)22-11-10-15(3)32-22/h6-13,29H,2H2,1,3-5H3,(H,27,28)/b18-12+,19-6+. The third-order valence-corrected chi connectivity index (χ3v) is 6.77. The molecule has 0 unspecified atom stereocenters. The Morgan fingerprint density at radius 1 is 1.19 bits per heavy atom. The van der Waals surface area contributed by atoms with Crippen molar-refractivity contribution in [1.82, 2.24) is 29.7 Å². The number of para-hydroxylation sites is 1. The lowest BCUT2D eigenvalue weighted by atomic mass is 10.1. The van der Waals surface area contributed by atoms with Gasteiger partial charge in [-0.15, -0.1) is 11.3 Å². The summed E-state index contributed by atoms with van der Waals surface area (Å²) in [5.41, 5.74) is 5.66. The minimum absolute atomic E-state index is 0.727. The third-order valence-electron chi connectivity index (χ3n) is 5.73. The minimum Gasteiger partial charge on any atom is -0.337 e. The van der Waals surface area contributed by atoms with Crippen LogP contribution in [0.15, 0.2) is 43.1 Å². The van der Waals surface area contributed by atoms with Gasteiger partial charge in [-0.1, -0.05) is 24.8 Å². The topological polar surface area (TPSA) is 75.2 Å². The summed E-state index contributed by atoms with van der Waals surface area (Å²) < 4.78 is 2.03. The molecule has 0 aliphatic heterocycles. The Balaban J connectivity index is 1.68. The van der Waals surface area contributed by atoms with Gasteiger partial charge < -0.3 is 9.55 Å². The van der Waals surface area contributed by atoms with Crippen LogP contribution in [0.4, 0.5) is 0 Å². The van der Waals surface area contributed by atoms with E-state index < -0.39 is 0 Å². The Labute approximate surface area is 189 Å². The number of hydrogen-bond acceptors (Lipinski definition) is 4. The predicted molar refractivity (Wildman–Crippen MR) is 133 cm³/mol. The lowest BCUT2D eigenvalue weighted by Crippen LogP contribution is -2.23. The highest BCUT2D eigenvalue weighted by molar-refractivity contribution is 7.15. The first-order valence-electron chi connectivity index (χ1n) is 10.4. The Bertz CT molecular complexity index is 1590. The van der Waals surface area contributed by atoms with Crippen molar-refractivity contribution in [2.24, 2.45) is 7.05 Å². The maximum atomic E-state index is 4.97. The second kappa shape index (κ2) is 7.76. The molecule has 1 aromatic carbocycles. The van der Waals surface area contributed by atoms with Crippen molar-refractivity contribution in [3.05, 3.63) is 70.1 Å². The molecule has 160 valence electrons. The maximum Gasteiger partial charge on any atom is 0.159 e. The van der Waals surface area contributed by atoms with E-state index in [1.54, 1.807) is 11.3 Å². The molecule has 5 rings (SSSR count). The summed E-state index contributed by atoms with van der Waals surface area (Å²) in [5, 5.41) is 9.60. The Kier molecular flexibility index (Phi) is 4.90. The van der Waals surface area contributed by atoms with Crippen molar-refractivity contribution in [1.29, 1.82) is 0 Å². The van der Waals surface area contributed by atoms with Crippen LogP contribution in [0.2, 0.25) is 0 Å².